The third-order valence-corrected chi connectivity index (χ3v) is 7.00. The average Bonchev–Trinajstić information content (AvgIpc) is 2.62. The molecule has 1 unspecified atom stereocenters. The Kier molecular flexibility index (Phi) is 4.68. The summed E-state index contributed by atoms with van der Waals surface area (Å²) in [5.74, 6) is -0.317. The second-order valence-corrected chi connectivity index (χ2v) is 8.34. The van der Waals surface area contributed by atoms with E-state index in [0.717, 1.165) is 10.9 Å². The molecule has 0 amide bonds. The zero-order valence-electron chi connectivity index (χ0n) is 12.6. The lowest BCUT2D eigenvalue weighted by molar-refractivity contribution is 0.586. The largest absolute Gasteiger partial charge is 0.314 e. The molecule has 0 saturated carbocycles. The molecule has 2 nitrogen and oxygen atoms in total. The number of rotatable bonds is 5. The van der Waals surface area contributed by atoms with Gasteiger partial charge in [0.05, 0.1) is 0 Å². The van der Waals surface area contributed by atoms with Gasteiger partial charge in [-0.3, -0.25) is 4.98 Å². The van der Waals surface area contributed by atoms with Crippen LogP contribution in [0.15, 0.2) is 79.1 Å². The molecule has 0 radical (unpaired) electrons. The van der Waals surface area contributed by atoms with Crippen LogP contribution in [-0.4, -0.2) is 11.1 Å². The van der Waals surface area contributed by atoms with Crippen LogP contribution < -0.4 is 10.6 Å². The standard InChI is InChI=1S/C19H17FNOP/c20-17-6-8-19(9-7-17)23(22,18-4-2-1-3-5-18)15-12-16-10-13-21-14-11-16/h1-11,13-14H,12,15H2. The minimum atomic E-state index is -2.80. The second-order valence-electron chi connectivity index (χ2n) is 5.38. The van der Waals surface area contributed by atoms with Crippen molar-refractivity contribution in [1.82, 2.24) is 4.98 Å². The van der Waals surface area contributed by atoms with Crippen molar-refractivity contribution in [2.45, 2.75) is 6.42 Å². The summed E-state index contributed by atoms with van der Waals surface area (Å²) in [4.78, 5) is 4.01. The smallest absolute Gasteiger partial charge is 0.143 e. The Balaban J connectivity index is 1.97. The first-order valence-corrected chi connectivity index (χ1v) is 9.37. The Morgan fingerprint density at radius 1 is 0.826 bits per heavy atom. The number of pyridine rings is 1. The summed E-state index contributed by atoms with van der Waals surface area (Å²) in [6.45, 7) is 0. The molecule has 3 rings (SSSR count). The molecule has 1 aromatic heterocycles. The van der Waals surface area contributed by atoms with Gasteiger partial charge in [0, 0.05) is 29.2 Å². The van der Waals surface area contributed by atoms with Gasteiger partial charge in [0.2, 0.25) is 0 Å². The maximum Gasteiger partial charge on any atom is 0.143 e. The number of aryl methyl sites for hydroxylation is 1. The SMILES string of the molecule is O=P(CCc1ccncc1)(c1ccccc1)c1ccc(F)cc1. The summed E-state index contributed by atoms with van der Waals surface area (Å²) in [5.41, 5.74) is 1.10. The number of aromatic nitrogens is 1. The van der Waals surface area contributed by atoms with Crippen LogP contribution in [0, 0.1) is 5.82 Å². The van der Waals surface area contributed by atoms with E-state index in [0.29, 0.717) is 17.9 Å². The molecule has 0 N–H and O–H groups in total. The summed E-state index contributed by atoms with van der Waals surface area (Å²) in [6, 6.07) is 19.3. The Bertz CT molecular complexity index is 804. The molecule has 4 heteroatoms. The van der Waals surface area contributed by atoms with Crippen molar-refractivity contribution in [3.05, 3.63) is 90.5 Å². The lowest BCUT2D eigenvalue weighted by Gasteiger charge is -2.19. The number of benzene rings is 2. The lowest BCUT2D eigenvalue weighted by Crippen LogP contribution is -2.19. The zero-order chi connectivity index (χ0) is 16.1. The van der Waals surface area contributed by atoms with Crippen LogP contribution in [0.4, 0.5) is 4.39 Å². The molecule has 0 aliphatic rings. The molecule has 0 aliphatic carbocycles. The molecule has 3 aromatic rings. The Labute approximate surface area is 135 Å². The molecule has 0 bridgehead atoms. The van der Waals surface area contributed by atoms with Crippen molar-refractivity contribution in [2.75, 3.05) is 6.16 Å². The predicted octanol–water partition coefficient (Wildman–Crippen LogP) is 3.78. The Hall–Kier alpha value is -2.25. The van der Waals surface area contributed by atoms with Crippen molar-refractivity contribution >= 4 is 17.8 Å². The summed E-state index contributed by atoms with van der Waals surface area (Å²) in [7, 11) is -2.80. The van der Waals surface area contributed by atoms with Crippen LogP contribution >= 0.6 is 7.14 Å². The van der Waals surface area contributed by atoms with Crippen molar-refractivity contribution in [1.29, 1.82) is 0 Å². The van der Waals surface area contributed by atoms with E-state index in [1.54, 1.807) is 24.5 Å². The minimum absolute atomic E-state index is 0.317. The maximum atomic E-state index is 13.8. The fourth-order valence-electron chi connectivity index (χ4n) is 2.59. The van der Waals surface area contributed by atoms with Gasteiger partial charge in [0.15, 0.2) is 0 Å². The third kappa shape index (κ3) is 3.57. The van der Waals surface area contributed by atoms with Crippen LogP contribution in [0.5, 0.6) is 0 Å². The van der Waals surface area contributed by atoms with E-state index in [4.69, 9.17) is 0 Å². The molecular formula is C19H17FNOP. The highest BCUT2D eigenvalue weighted by molar-refractivity contribution is 7.78. The normalized spacial score (nSPS) is 13.4. The minimum Gasteiger partial charge on any atom is -0.314 e. The first kappa shape index (κ1) is 15.6. The van der Waals surface area contributed by atoms with E-state index < -0.39 is 7.14 Å². The summed E-state index contributed by atoms with van der Waals surface area (Å²) in [6.07, 6.45) is 4.67. The van der Waals surface area contributed by atoms with Gasteiger partial charge in [-0.2, -0.15) is 0 Å². The molecule has 0 saturated heterocycles. The highest BCUT2D eigenvalue weighted by Crippen LogP contribution is 2.43. The highest BCUT2D eigenvalue weighted by Gasteiger charge is 2.26. The summed E-state index contributed by atoms with van der Waals surface area (Å²) >= 11 is 0. The third-order valence-electron chi connectivity index (χ3n) is 3.88. The molecule has 0 fully saturated rings. The van der Waals surface area contributed by atoms with Gasteiger partial charge in [-0.1, -0.05) is 30.3 Å². The average molecular weight is 325 g/mol. The Morgan fingerprint density at radius 3 is 2.09 bits per heavy atom. The summed E-state index contributed by atoms with van der Waals surface area (Å²) in [5, 5.41) is 1.50. The molecule has 116 valence electrons. The van der Waals surface area contributed by atoms with Crippen molar-refractivity contribution in [2.24, 2.45) is 0 Å². The molecule has 1 heterocycles. The van der Waals surface area contributed by atoms with Gasteiger partial charge in [0.1, 0.15) is 13.0 Å². The van der Waals surface area contributed by atoms with Crippen LogP contribution in [-0.2, 0) is 11.0 Å². The van der Waals surface area contributed by atoms with Crippen molar-refractivity contribution in [3.8, 4) is 0 Å². The lowest BCUT2D eigenvalue weighted by atomic mass is 10.2. The number of halogens is 1. The molecule has 0 aliphatic heterocycles. The van der Waals surface area contributed by atoms with E-state index in [9.17, 15) is 8.96 Å². The fourth-order valence-corrected chi connectivity index (χ4v) is 5.27. The van der Waals surface area contributed by atoms with Crippen molar-refractivity contribution < 1.29 is 8.96 Å². The van der Waals surface area contributed by atoms with Gasteiger partial charge in [0.25, 0.3) is 0 Å². The number of hydrogen-bond acceptors (Lipinski definition) is 2. The highest BCUT2D eigenvalue weighted by atomic mass is 31.2. The van der Waals surface area contributed by atoms with E-state index in [1.807, 2.05) is 42.5 Å². The molecule has 2 aromatic carbocycles. The molecule has 1 atom stereocenters. The summed E-state index contributed by atoms with van der Waals surface area (Å²) < 4.78 is 27.0. The van der Waals surface area contributed by atoms with Gasteiger partial charge in [-0.25, -0.2) is 4.39 Å². The van der Waals surface area contributed by atoms with Gasteiger partial charge in [-0.15, -0.1) is 0 Å². The van der Waals surface area contributed by atoms with E-state index in [2.05, 4.69) is 4.98 Å². The van der Waals surface area contributed by atoms with Crippen LogP contribution in [0.3, 0.4) is 0 Å². The first-order valence-electron chi connectivity index (χ1n) is 7.48. The van der Waals surface area contributed by atoms with Crippen LogP contribution in [0.25, 0.3) is 0 Å². The molecule has 23 heavy (non-hydrogen) atoms. The van der Waals surface area contributed by atoms with Crippen LogP contribution in [0.1, 0.15) is 5.56 Å². The zero-order valence-corrected chi connectivity index (χ0v) is 13.5. The van der Waals surface area contributed by atoms with E-state index in [1.165, 1.54) is 12.1 Å². The second kappa shape index (κ2) is 6.89. The van der Waals surface area contributed by atoms with E-state index in [-0.39, 0.29) is 5.82 Å². The van der Waals surface area contributed by atoms with Gasteiger partial charge in [-0.05, 0) is 48.4 Å². The van der Waals surface area contributed by atoms with Gasteiger partial charge >= 0.3 is 0 Å². The fraction of sp³-hybridized carbons (Fsp3) is 0.105. The topological polar surface area (TPSA) is 30.0 Å². The maximum absolute atomic E-state index is 13.8. The van der Waals surface area contributed by atoms with E-state index >= 15 is 0 Å². The monoisotopic (exact) mass is 325 g/mol. The van der Waals surface area contributed by atoms with Crippen molar-refractivity contribution in [3.63, 3.8) is 0 Å². The first-order chi connectivity index (χ1) is 11.2. The van der Waals surface area contributed by atoms with Crippen LogP contribution in [0.2, 0.25) is 0 Å². The van der Waals surface area contributed by atoms with Gasteiger partial charge < -0.3 is 4.57 Å². The Morgan fingerprint density at radius 2 is 1.43 bits per heavy atom. The quantitative estimate of drug-likeness (QED) is 0.668. The number of hydrogen-bond donors (Lipinski definition) is 0. The molecular weight excluding hydrogens is 308 g/mol. The molecule has 0 spiro atoms. The predicted molar refractivity (Wildman–Crippen MR) is 92.5 cm³/mol. The number of nitrogens with zero attached hydrogens (tertiary/aromatic N) is 1.